The molecule has 0 amide bonds. The van der Waals surface area contributed by atoms with Crippen molar-refractivity contribution in [2.45, 2.75) is 37.1 Å². The topological polar surface area (TPSA) is 213 Å². The maximum atomic E-state index is 12.9. The molecule has 0 radical (unpaired) electrons. The number of pyridine rings is 1. The van der Waals surface area contributed by atoms with Crippen LogP contribution in [-0.4, -0.2) is 80.7 Å². The van der Waals surface area contributed by atoms with E-state index in [-0.39, 0.29) is 17.0 Å². The van der Waals surface area contributed by atoms with Crippen molar-refractivity contribution in [3.05, 3.63) is 83.9 Å². The van der Waals surface area contributed by atoms with Gasteiger partial charge >= 0.3 is 19.8 Å². The van der Waals surface area contributed by atoms with Crippen molar-refractivity contribution in [2.24, 2.45) is 5.73 Å². The highest BCUT2D eigenvalue weighted by Crippen LogP contribution is 2.42. The number of carbonyl (C=O) groups is 2. The van der Waals surface area contributed by atoms with Gasteiger partial charge in [0.05, 0.1) is 5.56 Å². The number of aromatic amines is 1. The summed E-state index contributed by atoms with van der Waals surface area (Å²) < 4.78 is 39.2. The number of aromatic nitrogens is 2. The van der Waals surface area contributed by atoms with Crippen LogP contribution in [0.3, 0.4) is 0 Å². The normalized spacial score (nSPS) is 22.9. The fourth-order valence-electron chi connectivity index (χ4n) is 3.93. The molecule has 0 spiro atoms. The van der Waals surface area contributed by atoms with Gasteiger partial charge in [-0.1, -0.05) is 12.1 Å². The number of nitrogens with one attached hydrogen (secondary N) is 1. The van der Waals surface area contributed by atoms with E-state index in [4.69, 9.17) is 29.2 Å². The van der Waals surface area contributed by atoms with Crippen LogP contribution < -0.4 is 10.5 Å². The van der Waals surface area contributed by atoms with Crippen LogP contribution in [0.15, 0.2) is 67.1 Å². The van der Waals surface area contributed by atoms with E-state index in [1.54, 1.807) is 30.3 Å². The van der Waals surface area contributed by atoms with Gasteiger partial charge < -0.3 is 44.6 Å². The summed E-state index contributed by atoms with van der Waals surface area (Å²) in [6.45, 7) is -0.126. The maximum Gasteiger partial charge on any atom is 0.470 e. The molecule has 40 heavy (non-hydrogen) atoms. The van der Waals surface area contributed by atoms with E-state index >= 15 is 0 Å². The maximum absolute atomic E-state index is 12.9. The van der Waals surface area contributed by atoms with Gasteiger partial charge in [-0.15, -0.1) is 0 Å². The molecule has 3 aromatic rings. The Morgan fingerprint density at radius 1 is 1.07 bits per heavy atom. The summed E-state index contributed by atoms with van der Waals surface area (Å²) in [5.74, 6) is -1.48. The lowest BCUT2D eigenvalue weighted by Gasteiger charge is -2.43. The molecule has 14 nitrogen and oxygen atoms in total. The first-order valence-electron chi connectivity index (χ1n) is 12.1. The molecular formula is C25H28N3O11P. The number of aliphatic hydroxyl groups excluding tert-OH is 1. The van der Waals surface area contributed by atoms with Crippen molar-refractivity contribution in [3.8, 4) is 5.75 Å². The van der Waals surface area contributed by atoms with Crippen molar-refractivity contribution < 1.29 is 52.5 Å². The van der Waals surface area contributed by atoms with E-state index in [9.17, 15) is 29.0 Å². The summed E-state index contributed by atoms with van der Waals surface area (Å²) in [7, 11) is -5.25. The molecule has 3 heterocycles. The van der Waals surface area contributed by atoms with Gasteiger partial charge in [-0.2, -0.15) is 0 Å². The van der Waals surface area contributed by atoms with Crippen molar-refractivity contribution in [1.82, 2.24) is 9.97 Å². The van der Waals surface area contributed by atoms with E-state index in [1.165, 1.54) is 36.8 Å². The predicted molar refractivity (Wildman–Crippen MR) is 136 cm³/mol. The number of nitrogens with zero attached hydrogens (tertiary/aromatic N) is 1. The lowest BCUT2D eigenvalue weighted by Crippen LogP contribution is -2.62. The number of phosphoric acid groups is 1. The Morgan fingerprint density at radius 3 is 2.48 bits per heavy atom. The number of benzene rings is 1. The molecule has 1 aromatic carbocycles. The molecule has 15 heteroatoms. The van der Waals surface area contributed by atoms with Crippen LogP contribution in [0.25, 0.3) is 0 Å². The summed E-state index contributed by atoms with van der Waals surface area (Å²) in [4.78, 5) is 50.9. The minimum absolute atomic E-state index is 0.0128. The average molecular weight is 577 g/mol. The first-order chi connectivity index (χ1) is 19.1. The number of H-pyrrole nitrogens is 1. The molecule has 0 aliphatic carbocycles. The lowest BCUT2D eigenvalue weighted by molar-refractivity contribution is -0.273. The zero-order valence-electron chi connectivity index (χ0n) is 20.9. The van der Waals surface area contributed by atoms with Gasteiger partial charge in [0.1, 0.15) is 36.4 Å². The summed E-state index contributed by atoms with van der Waals surface area (Å²) in [6, 6.07) is 12.6. The van der Waals surface area contributed by atoms with Crippen molar-refractivity contribution in [2.75, 3.05) is 13.2 Å². The second-order valence-corrected chi connectivity index (χ2v) is 9.88. The number of hydrogen-bond donors (Lipinski definition) is 5. The van der Waals surface area contributed by atoms with Gasteiger partial charge in [0.2, 0.25) is 6.29 Å². The number of nitrogens with two attached hydrogens (primary N) is 1. The molecule has 5 atom stereocenters. The molecule has 6 N–H and O–H groups in total. The Kier molecular flexibility index (Phi) is 9.66. The van der Waals surface area contributed by atoms with Crippen LogP contribution in [0, 0.1) is 0 Å². The van der Waals surface area contributed by atoms with E-state index < -0.39 is 57.1 Å². The van der Waals surface area contributed by atoms with Gasteiger partial charge in [0, 0.05) is 18.6 Å². The molecule has 0 saturated carbocycles. The number of ether oxygens (including phenoxy) is 4. The Hall–Kier alpha value is -3.62. The summed E-state index contributed by atoms with van der Waals surface area (Å²) in [5, 5.41) is 11.0. The molecule has 0 bridgehead atoms. The third-order valence-corrected chi connectivity index (χ3v) is 6.34. The van der Waals surface area contributed by atoms with Crippen LogP contribution in [0.5, 0.6) is 5.75 Å². The molecular weight excluding hydrogens is 549 g/mol. The highest BCUT2D eigenvalue weighted by molar-refractivity contribution is 7.46. The fourth-order valence-corrected chi connectivity index (χ4v) is 4.49. The number of carbonyl (C=O) groups excluding carboxylic acids is 2. The second-order valence-electron chi connectivity index (χ2n) is 8.69. The van der Waals surface area contributed by atoms with Crippen LogP contribution in [0.4, 0.5) is 0 Å². The zero-order chi connectivity index (χ0) is 28.7. The number of aliphatic hydroxyl groups is 1. The van der Waals surface area contributed by atoms with Crippen LogP contribution in [-0.2, 0) is 29.7 Å². The SMILES string of the molecule is NCCc1ccc(O[C@@H]2O[C@H](COC(=O)c3ccc[nH]3)[C@@H](O)[C@H](OP(=O)(O)O)[C@H]2OC(=O)c2cccnc2)cc1. The molecule has 0 unspecified atom stereocenters. The van der Waals surface area contributed by atoms with E-state index in [2.05, 4.69) is 9.97 Å². The average Bonchev–Trinajstić information content (AvgIpc) is 3.47. The molecule has 1 fully saturated rings. The van der Waals surface area contributed by atoms with E-state index in [0.717, 1.165) is 5.56 Å². The van der Waals surface area contributed by atoms with E-state index in [1.807, 2.05) is 0 Å². The van der Waals surface area contributed by atoms with Crippen LogP contribution in [0.2, 0.25) is 0 Å². The van der Waals surface area contributed by atoms with Crippen LogP contribution in [0.1, 0.15) is 26.4 Å². The smallest absolute Gasteiger partial charge is 0.461 e. The second kappa shape index (κ2) is 13.2. The van der Waals surface area contributed by atoms with Gasteiger partial charge in [0.25, 0.3) is 0 Å². The predicted octanol–water partition coefficient (Wildman–Crippen LogP) is 0.936. The van der Waals surface area contributed by atoms with Crippen molar-refractivity contribution >= 4 is 19.8 Å². The van der Waals surface area contributed by atoms with Crippen molar-refractivity contribution in [3.63, 3.8) is 0 Å². The molecule has 1 aliphatic heterocycles. The third-order valence-electron chi connectivity index (χ3n) is 5.82. The minimum Gasteiger partial charge on any atom is -0.461 e. The fraction of sp³-hybridized carbons (Fsp3) is 0.320. The Balaban J connectivity index is 1.62. The lowest BCUT2D eigenvalue weighted by atomic mass is 9.99. The summed E-state index contributed by atoms with van der Waals surface area (Å²) >= 11 is 0. The summed E-state index contributed by atoms with van der Waals surface area (Å²) in [6.07, 6.45) is -3.55. The Bertz CT molecular complexity index is 1300. The van der Waals surface area contributed by atoms with Crippen molar-refractivity contribution in [1.29, 1.82) is 0 Å². The minimum atomic E-state index is -5.25. The molecule has 1 aliphatic rings. The van der Waals surface area contributed by atoms with Gasteiger partial charge in [-0.05, 0) is 54.9 Å². The highest BCUT2D eigenvalue weighted by Gasteiger charge is 2.52. The third kappa shape index (κ3) is 7.73. The quantitative estimate of drug-likeness (QED) is 0.159. The zero-order valence-corrected chi connectivity index (χ0v) is 21.8. The number of esters is 2. The standard InChI is InChI=1S/C25H28N3O11P/c26-10-9-15-5-7-17(8-6-15)36-25-22(38-23(30)16-3-1-11-27-13-16)21(39-40(32,33)34)20(29)19(37-25)14-35-24(31)18-4-2-12-28-18/h1-8,11-13,19-22,25,28-29H,9-10,14,26H2,(H2,32,33,34)/t19-,20-,21+,22-,25-/m1/s1. The monoisotopic (exact) mass is 577 g/mol. The number of rotatable bonds is 11. The number of hydrogen-bond acceptors (Lipinski definition) is 11. The molecule has 2 aromatic heterocycles. The van der Waals surface area contributed by atoms with Gasteiger partial charge in [-0.3, -0.25) is 9.51 Å². The Labute approximate surface area is 228 Å². The molecule has 214 valence electrons. The van der Waals surface area contributed by atoms with Gasteiger partial charge in [0.15, 0.2) is 6.10 Å². The largest absolute Gasteiger partial charge is 0.470 e. The van der Waals surface area contributed by atoms with Gasteiger partial charge in [-0.25, -0.2) is 14.2 Å². The molecule has 4 rings (SSSR count). The first kappa shape index (κ1) is 29.4. The highest BCUT2D eigenvalue weighted by atomic mass is 31.2. The Morgan fingerprint density at radius 2 is 1.85 bits per heavy atom. The van der Waals surface area contributed by atoms with Crippen LogP contribution >= 0.6 is 7.82 Å². The van der Waals surface area contributed by atoms with E-state index in [0.29, 0.717) is 13.0 Å². The number of phosphoric ester groups is 1. The molecule has 1 saturated heterocycles. The first-order valence-corrected chi connectivity index (χ1v) is 13.6. The summed E-state index contributed by atoms with van der Waals surface area (Å²) in [5.41, 5.74) is 6.65.